The van der Waals surface area contributed by atoms with Gasteiger partial charge in [-0.1, -0.05) is 22.0 Å². The van der Waals surface area contributed by atoms with Crippen molar-refractivity contribution in [2.45, 2.75) is 0 Å². The van der Waals surface area contributed by atoms with Crippen LogP contribution in [-0.4, -0.2) is 38.5 Å². The van der Waals surface area contributed by atoms with Crippen LogP contribution in [0.1, 0.15) is 10.4 Å². The van der Waals surface area contributed by atoms with Gasteiger partial charge in [0.25, 0.3) is 5.91 Å². The fourth-order valence-electron chi connectivity index (χ4n) is 2.07. The normalized spacial score (nSPS) is 10.1. The Bertz CT molecular complexity index is 786. The molecule has 0 aromatic heterocycles. The summed E-state index contributed by atoms with van der Waals surface area (Å²) in [6.07, 6.45) is 0. The molecule has 2 aromatic carbocycles. The second-order valence-corrected chi connectivity index (χ2v) is 6.45. The quantitative estimate of drug-likeness (QED) is 0.508. The Kier molecular flexibility index (Phi) is 7.83. The van der Waals surface area contributed by atoms with E-state index in [0.29, 0.717) is 36.0 Å². The summed E-state index contributed by atoms with van der Waals surface area (Å²) in [6, 6.07) is 12.4. The van der Waals surface area contributed by atoms with E-state index in [1.54, 1.807) is 38.5 Å². The summed E-state index contributed by atoms with van der Waals surface area (Å²) in [5.74, 6) is 0.760. The minimum atomic E-state index is -0.376. The molecule has 2 N–H and O–H groups in total. The molecular formula is C18H19BrN2O4S. The molecule has 0 heterocycles. The van der Waals surface area contributed by atoms with Gasteiger partial charge in [-0.25, -0.2) is 0 Å². The Morgan fingerprint density at radius 3 is 2.69 bits per heavy atom. The highest BCUT2D eigenvalue weighted by atomic mass is 79.9. The second kappa shape index (κ2) is 10.1. The third-order valence-electron chi connectivity index (χ3n) is 3.29. The molecular weight excluding hydrogens is 420 g/mol. The van der Waals surface area contributed by atoms with Crippen LogP contribution in [0.15, 0.2) is 46.9 Å². The molecule has 0 radical (unpaired) electrons. The maximum absolute atomic E-state index is 12.6. The highest BCUT2D eigenvalue weighted by molar-refractivity contribution is 9.10. The van der Waals surface area contributed by atoms with E-state index in [2.05, 4.69) is 26.6 Å². The van der Waals surface area contributed by atoms with Crippen molar-refractivity contribution in [2.75, 3.05) is 32.8 Å². The molecule has 0 saturated heterocycles. The van der Waals surface area contributed by atoms with E-state index < -0.39 is 0 Å². The van der Waals surface area contributed by atoms with Crippen LogP contribution in [-0.2, 0) is 4.74 Å². The van der Waals surface area contributed by atoms with Crippen LogP contribution >= 0.6 is 28.1 Å². The van der Waals surface area contributed by atoms with Gasteiger partial charge in [-0.2, -0.15) is 0 Å². The number of ether oxygens (including phenoxy) is 3. The van der Waals surface area contributed by atoms with Crippen LogP contribution in [0.4, 0.5) is 5.69 Å². The maximum atomic E-state index is 12.6. The number of hydrogen-bond donors (Lipinski definition) is 2. The molecule has 0 aliphatic rings. The van der Waals surface area contributed by atoms with Crippen molar-refractivity contribution in [1.29, 1.82) is 0 Å². The van der Waals surface area contributed by atoms with E-state index in [0.717, 1.165) is 4.47 Å². The summed E-state index contributed by atoms with van der Waals surface area (Å²) in [7, 11) is 3.17. The van der Waals surface area contributed by atoms with Gasteiger partial charge in [0.05, 0.1) is 19.3 Å². The van der Waals surface area contributed by atoms with Crippen LogP contribution in [0.5, 0.6) is 11.5 Å². The van der Waals surface area contributed by atoms with Gasteiger partial charge < -0.3 is 19.5 Å². The first-order chi connectivity index (χ1) is 12.5. The topological polar surface area (TPSA) is 68.8 Å². The van der Waals surface area contributed by atoms with Crippen LogP contribution in [0.3, 0.4) is 0 Å². The van der Waals surface area contributed by atoms with Gasteiger partial charge in [0.1, 0.15) is 18.1 Å². The van der Waals surface area contributed by atoms with Crippen molar-refractivity contribution < 1.29 is 19.0 Å². The number of carbonyl (C=O) groups is 1. The van der Waals surface area contributed by atoms with Gasteiger partial charge in [0, 0.05) is 23.3 Å². The Morgan fingerprint density at radius 1 is 1.15 bits per heavy atom. The van der Waals surface area contributed by atoms with Crippen molar-refractivity contribution >= 4 is 44.9 Å². The average molecular weight is 439 g/mol. The average Bonchev–Trinajstić information content (AvgIpc) is 2.63. The molecule has 138 valence electrons. The van der Waals surface area contributed by atoms with Crippen LogP contribution in [0.25, 0.3) is 0 Å². The summed E-state index contributed by atoms with van der Waals surface area (Å²) >= 11 is 8.58. The lowest BCUT2D eigenvalue weighted by molar-refractivity contribution is 0.0969. The molecule has 6 nitrogen and oxygen atoms in total. The third-order valence-corrected chi connectivity index (χ3v) is 3.98. The minimum absolute atomic E-state index is 0.172. The van der Waals surface area contributed by atoms with Crippen molar-refractivity contribution in [3.8, 4) is 11.5 Å². The molecule has 2 rings (SSSR count). The van der Waals surface area contributed by atoms with E-state index in [4.69, 9.17) is 26.4 Å². The summed E-state index contributed by atoms with van der Waals surface area (Å²) in [4.78, 5) is 12.6. The molecule has 0 spiro atoms. The number of anilines is 1. The Labute approximate surface area is 166 Å². The van der Waals surface area contributed by atoms with Crippen LogP contribution in [0.2, 0.25) is 0 Å². The first-order valence-electron chi connectivity index (χ1n) is 7.71. The standard InChI is InChI=1S/C18H19BrN2O4S/c1-23-8-9-25-16-7-6-12(19)10-15(16)17(22)21-18(26)20-13-4-3-5-14(11-13)24-2/h3-7,10-11H,8-9H2,1-2H3,(H2,20,21,22,26). The number of rotatable bonds is 7. The van der Waals surface area contributed by atoms with Crippen molar-refractivity contribution in [1.82, 2.24) is 5.32 Å². The number of methoxy groups -OCH3 is 2. The number of thiocarbonyl (C=S) groups is 1. The summed E-state index contributed by atoms with van der Waals surface area (Å²) in [5, 5.41) is 5.77. The minimum Gasteiger partial charge on any atom is -0.497 e. The first-order valence-corrected chi connectivity index (χ1v) is 8.91. The van der Waals surface area contributed by atoms with Crippen LogP contribution in [0, 0.1) is 0 Å². The third kappa shape index (κ3) is 5.98. The van der Waals surface area contributed by atoms with Gasteiger partial charge >= 0.3 is 0 Å². The number of amides is 1. The summed E-state index contributed by atoms with van der Waals surface area (Å²) in [5.41, 5.74) is 1.07. The lowest BCUT2D eigenvalue weighted by Gasteiger charge is -2.13. The lowest BCUT2D eigenvalue weighted by Crippen LogP contribution is -2.34. The number of carbonyl (C=O) groups excluding carboxylic acids is 1. The van der Waals surface area contributed by atoms with Crippen molar-refractivity contribution in [3.05, 3.63) is 52.5 Å². The highest BCUT2D eigenvalue weighted by Crippen LogP contribution is 2.23. The van der Waals surface area contributed by atoms with Gasteiger partial charge in [0.15, 0.2) is 5.11 Å². The lowest BCUT2D eigenvalue weighted by atomic mass is 10.2. The summed E-state index contributed by atoms with van der Waals surface area (Å²) < 4.78 is 16.5. The summed E-state index contributed by atoms with van der Waals surface area (Å²) in [6.45, 7) is 0.762. The zero-order valence-corrected chi connectivity index (χ0v) is 16.8. The zero-order valence-electron chi connectivity index (χ0n) is 14.4. The van der Waals surface area contributed by atoms with E-state index in [1.807, 2.05) is 18.2 Å². The molecule has 0 aliphatic heterocycles. The smallest absolute Gasteiger partial charge is 0.261 e. The predicted octanol–water partition coefficient (Wildman–Crippen LogP) is 3.61. The molecule has 1 amide bonds. The molecule has 26 heavy (non-hydrogen) atoms. The zero-order chi connectivity index (χ0) is 18.9. The monoisotopic (exact) mass is 438 g/mol. The number of hydrogen-bond acceptors (Lipinski definition) is 5. The van der Waals surface area contributed by atoms with Gasteiger partial charge in [-0.05, 0) is 42.5 Å². The maximum Gasteiger partial charge on any atom is 0.261 e. The first kappa shape index (κ1) is 20.2. The number of halogens is 1. The molecule has 2 aromatic rings. The molecule has 8 heteroatoms. The van der Waals surface area contributed by atoms with Gasteiger partial charge in [0.2, 0.25) is 0 Å². The Balaban J connectivity index is 2.06. The van der Waals surface area contributed by atoms with Gasteiger partial charge in [-0.3, -0.25) is 10.1 Å². The molecule has 0 fully saturated rings. The van der Waals surface area contributed by atoms with Crippen molar-refractivity contribution in [2.24, 2.45) is 0 Å². The molecule has 0 atom stereocenters. The Hall–Kier alpha value is -2.16. The predicted molar refractivity (Wildman–Crippen MR) is 108 cm³/mol. The number of nitrogens with one attached hydrogen (secondary N) is 2. The molecule has 0 saturated carbocycles. The van der Waals surface area contributed by atoms with E-state index in [1.165, 1.54) is 0 Å². The molecule has 0 aliphatic carbocycles. The van der Waals surface area contributed by atoms with E-state index >= 15 is 0 Å². The van der Waals surface area contributed by atoms with Crippen LogP contribution < -0.4 is 20.1 Å². The largest absolute Gasteiger partial charge is 0.497 e. The van der Waals surface area contributed by atoms with Crippen molar-refractivity contribution in [3.63, 3.8) is 0 Å². The fraction of sp³-hybridized carbons (Fsp3) is 0.222. The number of benzene rings is 2. The SMILES string of the molecule is COCCOc1ccc(Br)cc1C(=O)NC(=S)Nc1cccc(OC)c1. The fourth-order valence-corrected chi connectivity index (χ4v) is 2.65. The second-order valence-electron chi connectivity index (χ2n) is 5.12. The Morgan fingerprint density at radius 2 is 1.96 bits per heavy atom. The van der Waals surface area contributed by atoms with E-state index in [9.17, 15) is 4.79 Å². The molecule has 0 unspecified atom stereocenters. The van der Waals surface area contributed by atoms with E-state index in [-0.39, 0.29) is 11.0 Å². The molecule has 0 bridgehead atoms. The van der Waals surface area contributed by atoms with Gasteiger partial charge in [-0.15, -0.1) is 0 Å². The highest BCUT2D eigenvalue weighted by Gasteiger charge is 2.15.